The first-order valence-electron chi connectivity index (χ1n) is 10.8. The zero-order valence-electron chi connectivity index (χ0n) is 19.3. The number of anilines is 1. The molecule has 3 amide bonds. The van der Waals surface area contributed by atoms with Crippen LogP contribution in [0.3, 0.4) is 0 Å². The molecule has 3 aromatic carbocycles. The summed E-state index contributed by atoms with van der Waals surface area (Å²) in [5.74, 6) is -1.57. The third-order valence-corrected chi connectivity index (χ3v) is 5.34. The maximum absolute atomic E-state index is 12.2. The van der Waals surface area contributed by atoms with E-state index >= 15 is 0 Å². The second-order valence-electron chi connectivity index (χ2n) is 7.69. The van der Waals surface area contributed by atoms with Crippen LogP contribution in [0.25, 0.3) is 0 Å². The number of aryl methyl sites for hydroxylation is 1. The van der Waals surface area contributed by atoms with Gasteiger partial charge in [0.15, 0.2) is 6.61 Å². The van der Waals surface area contributed by atoms with Gasteiger partial charge in [0, 0.05) is 17.3 Å². The van der Waals surface area contributed by atoms with Crippen molar-refractivity contribution in [2.75, 3.05) is 11.9 Å². The number of nitrogens with zero attached hydrogens (tertiary/aromatic N) is 1. The zero-order valence-corrected chi connectivity index (χ0v) is 20.1. The molecular formula is C26H25ClN4O4. The first-order chi connectivity index (χ1) is 16.8. The molecule has 35 heavy (non-hydrogen) atoms. The van der Waals surface area contributed by atoms with E-state index < -0.39 is 11.8 Å². The van der Waals surface area contributed by atoms with Crippen molar-refractivity contribution in [3.8, 4) is 5.75 Å². The lowest BCUT2D eigenvalue weighted by atomic mass is 10.1. The second-order valence-corrected chi connectivity index (χ2v) is 8.10. The number of hydrogen-bond acceptors (Lipinski definition) is 5. The highest BCUT2D eigenvalue weighted by Gasteiger charge is 2.12. The standard InChI is InChI=1S/C26H25ClN4O4/c1-17-9-11-19(12-10-17)14-28-25(33)26(34)31-29-15-20-5-3-6-21(13-20)35-16-24(32)30-23-8-4-7-22(27)18(23)2/h3-13,15H,14,16H2,1-2H3,(H,28,33)(H,30,32)(H,31,34)/b29-15-. The molecule has 0 fully saturated rings. The maximum Gasteiger partial charge on any atom is 0.329 e. The summed E-state index contributed by atoms with van der Waals surface area (Å²) in [7, 11) is 0. The van der Waals surface area contributed by atoms with Crippen molar-refractivity contribution in [1.82, 2.24) is 10.7 Å². The predicted molar refractivity (Wildman–Crippen MR) is 136 cm³/mol. The highest BCUT2D eigenvalue weighted by atomic mass is 35.5. The van der Waals surface area contributed by atoms with Gasteiger partial charge in [-0.25, -0.2) is 5.43 Å². The second kappa shape index (κ2) is 12.3. The zero-order chi connectivity index (χ0) is 25.2. The molecule has 0 aliphatic heterocycles. The van der Waals surface area contributed by atoms with E-state index in [0.29, 0.717) is 22.0 Å². The van der Waals surface area contributed by atoms with Crippen molar-refractivity contribution in [2.45, 2.75) is 20.4 Å². The van der Waals surface area contributed by atoms with Crippen LogP contribution in [0, 0.1) is 13.8 Å². The third kappa shape index (κ3) is 7.97. The Morgan fingerprint density at radius 1 is 0.971 bits per heavy atom. The Hall–Kier alpha value is -4.17. The number of nitrogens with one attached hydrogen (secondary N) is 3. The quantitative estimate of drug-likeness (QED) is 0.253. The summed E-state index contributed by atoms with van der Waals surface area (Å²) in [5, 5.41) is 9.66. The van der Waals surface area contributed by atoms with Crippen LogP contribution < -0.4 is 20.8 Å². The van der Waals surface area contributed by atoms with Gasteiger partial charge in [-0.2, -0.15) is 5.10 Å². The first kappa shape index (κ1) is 25.5. The van der Waals surface area contributed by atoms with E-state index in [1.54, 1.807) is 42.5 Å². The van der Waals surface area contributed by atoms with Gasteiger partial charge in [-0.15, -0.1) is 0 Å². The number of halogens is 1. The highest BCUT2D eigenvalue weighted by molar-refractivity contribution is 6.35. The molecule has 0 bridgehead atoms. The predicted octanol–water partition coefficient (Wildman–Crippen LogP) is 3.74. The molecule has 3 N–H and O–H groups in total. The van der Waals surface area contributed by atoms with Crippen LogP contribution in [0.5, 0.6) is 5.75 Å². The number of hydrogen-bond donors (Lipinski definition) is 3. The number of amides is 3. The minimum atomic E-state index is -0.881. The number of benzene rings is 3. The summed E-state index contributed by atoms with van der Waals surface area (Å²) in [6, 6.07) is 19.6. The Labute approximate surface area is 208 Å². The molecule has 0 atom stereocenters. The lowest BCUT2D eigenvalue weighted by molar-refractivity contribution is -0.139. The van der Waals surface area contributed by atoms with Crippen LogP contribution in [0.15, 0.2) is 71.8 Å². The summed E-state index contributed by atoms with van der Waals surface area (Å²) in [6.07, 6.45) is 1.37. The molecule has 9 heteroatoms. The van der Waals surface area contributed by atoms with Gasteiger partial charge in [0.25, 0.3) is 5.91 Å². The largest absolute Gasteiger partial charge is 0.484 e. The average molecular weight is 493 g/mol. The van der Waals surface area contributed by atoms with Gasteiger partial charge < -0.3 is 15.4 Å². The van der Waals surface area contributed by atoms with Crippen molar-refractivity contribution in [3.63, 3.8) is 0 Å². The molecular weight excluding hydrogens is 468 g/mol. The van der Waals surface area contributed by atoms with Crippen LogP contribution in [0.1, 0.15) is 22.3 Å². The van der Waals surface area contributed by atoms with Crippen LogP contribution in [0.4, 0.5) is 5.69 Å². The fraction of sp³-hybridized carbons (Fsp3) is 0.154. The molecule has 0 spiro atoms. The Bertz CT molecular complexity index is 1240. The lowest BCUT2D eigenvalue weighted by Gasteiger charge is -2.10. The van der Waals surface area contributed by atoms with Crippen LogP contribution in [0.2, 0.25) is 5.02 Å². The summed E-state index contributed by atoms with van der Waals surface area (Å²) in [6.45, 7) is 3.81. The fourth-order valence-electron chi connectivity index (χ4n) is 2.95. The topological polar surface area (TPSA) is 109 Å². The summed E-state index contributed by atoms with van der Waals surface area (Å²) >= 11 is 6.07. The average Bonchev–Trinajstić information content (AvgIpc) is 2.85. The number of rotatable bonds is 8. The Kier molecular flexibility index (Phi) is 8.97. The Morgan fingerprint density at radius 3 is 2.49 bits per heavy atom. The van der Waals surface area contributed by atoms with E-state index in [-0.39, 0.29) is 19.1 Å². The molecule has 0 unspecified atom stereocenters. The van der Waals surface area contributed by atoms with E-state index in [0.717, 1.165) is 16.7 Å². The van der Waals surface area contributed by atoms with Gasteiger partial charge in [-0.1, -0.05) is 59.6 Å². The van der Waals surface area contributed by atoms with Crippen molar-refractivity contribution in [3.05, 3.63) is 94.0 Å². The van der Waals surface area contributed by atoms with Crippen LogP contribution >= 0.6 is 11.6 Å². The number of ether oxygens (including phenoxy) is 1. The monoisotopic (exact) mass is 492 g/mol. The maximum atomic E-state index is 12.2. The van der Waals surface area contributed by atoms with Crippen molar-refractivity contribution in [1.29, 1.82) is 0 Å². The van der Waals surface area contributed by atoms with E-state index in [2.05, 4.69) is 21.2 Å². The van der Waals surface area contributed by atoms with Crippen molar-refractivity contribution in [2.24, 2.45) is 5.10 Å². The van der Waals surface area contributed by atoms with Crippen LogP contribution in [-0.4, -0.2) is 30.5 Å². The van der Waals surface area contributed by atoms with Gasteiger partial charge in [-0.3, -0.25) is 14.4 Å². The molecule has 180 valence electrons. The van der Waals surface area contributed by atoms with Crippen molar-refractivity contribution >= 4 is 41.2 Å². The van der Waals surface area contributed by atoms with Gasteiger partial charge >= 0.3 is 11.8 Å². The normalized spacial score (nSPS) is 10.6. The molecule has 0 aliphatic carbocycles. The fourth-order valence-corrected chi connectivity index (χ4v) is 3.12. The SMILES string of the molecule is Cc1ccc(CNC(=O)C(=O)N/N=C\c2cccc(OCC(=O)Nc3cccc(Cl)c3C)c2)cc1. The minimum Gasteiger partial charge on any atom is -0.484 e. The van der Waals surface area contributed by atoms with Gasteiger partial charge in [0.1, 0.15) is 5.75 Å². The van der Waals surface area contributed by atoms with E-state index in [1.165, 1.54) is 6.21 Å². The third-order valence-electron chi connectivity index (χ3n) is 4.93. The number of hydrazone groups is 1. The molecule has 3 rings (SSSR count). The lowest BCUT2D eigenvalue weighted by Crippen LogP contribution is -2.37. The van der Waals surface area contributed by atoms with Gasteiger partial charge in [-0.05, 0) is 54.8 Å². The molecule has 0 saturated carbocycles. The van der Waals surface area contributed by atoms with E-state index in [4.69, 9.17) is 16.3 Å². The highest BCUT2D eigenvalue weighted by Crippen LogP contribution is 2.23. The van der Waals surface area contributed by atoms with Gasteiger partial charge in [0.05, 0.1) is 6.21 Å². The minimum absolute atomic E-state index is 0.204. The molecule has 8 nitrogen and oxygen atoms in total. The summed E-state index contributed by atoms with van der Waals surface area (Å²) < 4.78 is 5.54. The molecule has 0 radical (unpaired) electrons. The van der Waals surface area contributed by atoms with Crippen molar-refractivity contribution < 1.29 is 19.1 Å². The summed E-state index contributed by atoms with van der Waals surface area (Å²) in [5.41, 5.74) is 6.17. The smallest absolute Gasteiger partial charge is 0.329 e. The van der Waals surface area contributed by atoms with Gasteiger partial charge in [0.2, 0.25) is 0 Å². The van der Waals surface area contributed by atoms with E-state index in [9.17, 15) is 14.4 Å². The number of carbonyl (C=O) groups is 3. The molecule has 0 aliphatic rings. The molecule has 0 saturated heterocycles. The van der Waals surface area contributed by atoms with E-state index in [1.807, 2.05) is 38.1 Å². The Morgan fingerprint density at radius 2 is 1.71 bits per heavy atom. The molecule has 0 aromatic heterocycles. The van der Waals surface area contributed by atoms with Crippen LogP contribution in [-0.2, 0) is 20.9 Å². The summed E-state index contributed by atoms with van der Waals surface area (Å²) in [4.78, 5) is 36.1. The Balaban J connectivity index is 1.45. The molecule has 0 heterocycles. The molecule has 3 aromatic rings. The first-order valence-corrected chi connectivity index (χ1v) is 11.1. The number of carbonyl (C=O) groups excluding carboxylic acids is 3.